The second kappa shape index (κ2) is 5.31. The van der Waals surface area contributed by atoms with E-state index in [4.69, 9.17) is 0 Å². The van der Waals surface area contributed by atoms with E-state index < -0.39 is 0 Å². The van der Waals surface area contributed by atoms with Crippen molar-refractivity contribution in [3.8, 4) is 0 Å². The molecular formula is C14H14N2O2. The van der Waals surface area contributed by atoms with E-state index in [1.165, 1.54) is 10.6 Å². The highest BCUT2D eigenvalue weighted by Crippen LogP contribution is 2.11. The van der Waals surface area contributed by atoms with Gasteiger partial charge in [-0.1, -0.05) is 24.3 Å². The number of carbonyl (C=O) groups is 1. The van der Waals surface area contributed by atoms with Crippen molar-refractivity contribution in [2.45, 2.75) is 6.54 Å². The molecule has 4 nitrogen and oxygen atoms in total. The Balaban J connectivity index is 2.14. The third-order valence-electron chi connectivity index (χ3n) is 2.72. The molecule has 0 bridgehead atoms. The second-order valence-corrected chi connectivity index (χ2v) is 3.96. The molecule has 0 saturated heterocycles. The van der Waals surface area contributed by atoms with Crippen LogP contribution in [0.1, 0.15) is 0 Å². The van der Waals surface area contributed by atoms with E-state index in [-0.39, 0.29) is 18.0 Å². The number of carbonyl (C=O) groups excluding carboxylic acids is 1. The minimum atomic E-state index is -0.174. The Labute approximate surface area is 105 Å². The van der Waals surface area contributed by atoms with Crippen molar-refractivity contribution >= 4 is 11.6 Å². The number of aromatic nitrogens is 1. The zero-order chi connectivity index (χ0) is 13.0. The highest BCUT2D eigenvalue weighted by atomic mass is 16.2. The molecule has 92 valence electrons. The Morgan fingerprint density at radius 3 is 2.44 bits per heavy atom. The van der Waals surface area contributed by atoms with Crippen LogP contribution in [0.2, 0.25) is 0 Å². The van der Waals surface area contributed by atoms with Crippen LogP contribution >= 0.6 is 0 Å². The van der Waals surface area contributed by atoms with Crippen molar-refractivity contribution in [3.63, 3.8) is 0 Å². The molecule has 1 aromatic carbocycles. The number of nitrogens with zero attached hydrogens (tertiary/aromatic N) is 2. The zero-order valence-corrected chi connectivity index (χ0v) is 10.1. The first-order valence-corrected chi connectivity index (χ1v) is 5.65. The smallest absolute Gasteiger partial charge is 0.250 e. The second-order valence-electron chi connectivity index (χ2n) is 3.96. The monoisotopic (exact) mass is 242 g/mol. The minimum Gasteiger partial charge on any atom is -0.314 e. The topological polar surface area (TPSA) is 42.3 Å². The number of hydrogen-bond acceptors (Lipinski definition) is 2. The lowest BCUT2D eigenvalue weighted by atomic mass is 10.3. The predicted octanol–water partition coefficient (Wildman–Crippen LogP) is 1.51. The van der Waals surface area contributed by atoms with Gasteiger partial charge in [-0.25, -0.2) is 0 Å². The van der Waals surface area contributed by atoms with Crippen molar-refractivity contribution < 1.29 is 4.79 Å². The van der Waals surface area contributed by atoms with Gasteiger partial charge in [0.15, 0.2) is 0 Å². The summed E-state index contributed by atoms with van der Waals surface area (Å²) in [6.07, 6.45) is 1.61. The lowest BCUT2D eigenvalue weighted by Crippen LogP contribution is -2.33. The number of para-hydroxylation sites is 1. The van der Waals surface area contributed by atoms with Crippen LogP contribution in [0.4, 0.5) is 5.69 Å². The summed E-state index contributed by atoms with van der Waals surface area (Å²) < 4.78 is 1.39. The van der Waals surface area contributed by atoms with Crippen LogP contribution in [0.5, 0.6) is 0 Å². The average molecular weight is 242 g/mol. The molecule has 1 aromatic heterocycles. The first-order valence-electron chi connectivity index (χ1n) is 5.65. The molecule has 1 amide bonds. The van der Waals surface area contributed by atoms with E-state index in [2.05, 4.69) is 0 Å². The maximum Gasteiger partial charge on any atom is 0.250 e. The number of amides is 1. The molecule has 1 heterocycles. The Morgan fingerprint density at radius 1 is 1.11 bits per heavy atom. The van der Waals surface area contributed by atoms with Crippen molar-refractivity contribution in [1.29, 1.82) is 0 Å². The normalized spacial score (nSPS) is 10.1. The van der Waals surface area contributed by atoms with Gasteiger partial charge >= 0.3 is 0 Å². The Bertz CT molecular complexity index is 590. The number of likely N-dealkylation sites (N-methyl/N-ethyl adjacent to an activating group) is 1. The van der Waals surface area contributed by atoms with Crippen molar-refractivity contribution in [2.24, 2.45) is 0 Å². The SMILES string of the molecule is CN(C(=O)Cn1ccccc1=O)c1ccccc1. The summed E-state index contributed by atoms with van der Waals surface area (Å²) in [7, 11) is 1.70. The first-order chi connectivity index (χ1) is 8.68. The van der Waals surface area contributed by atoms with Crippen LogP contribution in [0.3, 0.4) is 0 Å². The third kappa shape index (κ3) is 2.66. The predicted molar refractivity (Wildman–Crippen MR) is 70.6 cm³/mol. The summed E-state index contributed by atoms with van der Waals surface area (Å²) in [4.78, 5) is 25.1. The molecule has 0 saturated carbocycles. The fourth-order valence-electron chi connectivity index (χ4n) is 1.64. The molecule has 2 aromatic rings. The van der Waals surface area contributed by atoms with Crippen molar-refractivity contribution in [3.05, 3.63) is 65.1 Å². The maximum atomic E-state index is 12.0. The number of rotatable bonds is 3. The van der Waals surface area contributed by atoms with Gasteiger partial charge in [-0.3, -0.25) is 9.59 Å². The molecule has 0 aliphatic heterocycles. The average Bonchev–Trinajstić information content (AvgIpc) is 2.41. The van der Waals surface area contributed by atoms with Gasteiger partial charge < -0.3 is 9.47 Å². The summed E-state index contributed by atoms with van der Waals surface area (Å²) in [5.74, 6) is -0.130. The summed E-state index contributed by atoms with van der Waals surface area (Å²) in [5.41, 5.74) is 0.638. The van der Waals surface area contributed by atoms with E-state index in [1.54, 1.807) is 30.3 Å². The van der Waals surface area contributed by atoms with Crippen LogP contribution < -0.4 is 10.5 Å². The minimum absolute atomic E-state index is 0.0467. The van der Waals surface area contributed by atoms with Gasteiger partial charge in [-0.2, -0.15) is 0 Å². The molecule has 0 N–H and O–H groups in total. The van der Waals surface area contributed by atoms with E-state index in [0.717, 1.165) is 5.69 Å². The molecule has 0 radical (unpaired) electrons. The van der Waals surface area contributed by atoms with Gasteiger partial charge in [0.2, 0.25) is 5.91 Å². The first kappa shape index (κ1) is 12.1. The number of anilines is 1. The maximum absolute atomic E-state index is 12.0. The van der Waals surface area contributed by atoms with E-state index >= 15 is 0 Å². The third-order valence-corrected chi connectivity index (χ3v) is 2.72. The van der Waals surface area contributed by atoms with Crippen LogP contribution in [-0.2, 0) is 11.3 Å². The van der Waals surface area contributed by atoms with Gasteiger partial charge in [-0.05, 0) is 18.2 Å². The molecule has 0 spiro atoms. The van der Waals surface area contributed by atoms with E-state index in [0.29, 0.717) is 0 Å². The molecule has 0 unspecified atom stereocenters. The molecule has 4 heteroatoms. The van der Waals surface area contributed by atoms with Crippen LogP contribution in [-0.4, -0.2) is 17.5 Å². The van der Waals surface area contributed by atoms with Gasteiger partial charge in [0.25, 0.3) is 5.56 Å². The highest BCUT2D eigenvalue weighted by Gasteiger charge is 2.11. The fourth-order valence-corrected chi connectivity index (χ4v) is 1.64. The molecule has 0 aliphatic rings. The van der Waals surface area contributed by atoms with Gasteiger partial charge in [0.1, 0.15) is 6.54 Å². The van der Waals surface area contributed by atoms with Gasteiger partial charge in [0, 0.05) is 25.0 Å². The van der Waals surface area contributed by atoms with Crippen LogP contribution in [0, 0.1) is 0 Å². The summed E-state index contributed by atoms with van der Waals surface area (Å²) in [6, 6.07) is 14.2. The Kier molecular flexibility index (Phi) is 3.57. The Hall–Kier alpha value is -2.36. The van der Waals surface area contributed by atoms with Gasteiger partial charge in [0.05, 0.1) is 0 Å². The van der Waals surface area contributed by atoms with Crippen molar-refractivity contribution in [1.82, 2.24) is 4.57 Å². The quantitative estimate of drug-likeness (QED) is 0.818. The standard InChI is InChI=1S/C14H14N2O2/c1-15(12-7-3-2-4-8-12)14(18)11-16-10-6-5-9-13(16)17/h2-10H,11H2,1H3. The lowest BCUT2D eigenvalue weighted by molar-refractivity contribution is -0.118. The zero-order valence-electron chi connectivity index (χ0n) is 10.1. The highest BCUT2D eigenvalue weighted by molar-refractivity contribution is 5.92. The summed E-state index contributed by atoms with van der Waals surface area (Å²) in [6.45, 7) is 0.0467. The van der Waals surface area contributed by atoms with Gasteiger partial charge in [-0.15, -0.1) is 0 Å². The molecule has 0 aliphatic carbocycles. The number of hydrogen-bond donors (Lipinski definition) is 0. The molecule has 0 fully saturated rings. The molecule has 0 atom stereocenters. The van der Waals surface area contributed by atoms with E-state index in [1.807, 2.05) is 30.3 Å². The van der Waals surface area contributed by atoms with Crippen molar-refractivity contribution in [2.75, 3.05) is 11.9 Å². The molecular weight excluding hydrogens is 228 g/mol. The Morgan fingerprint density at radius 2 is 1.78 bits per heavy atom. The number of benzene rings is 1. The lowest BCUT2D eigenvalue weighted by Gasteiger charge is -2.17. The van der Waals surface area contributed by atoms with Crippen LogP contribution in [0.25, 0.3) is 0 Å². The van der Waals surface area contributed by atoms with E-state index in [9.17, 15) is 9.59 Å². The number of pyridine rings is 1. The van der Waals surface area contributed by atoms with Crippen LogP contribution in [0.15, 0.2) is 59.5 Å². The fraction of sp³-hybridized carbons (Fsp3) is 0.143. The molecule has 18 heavy (non-hydrogen) atoms. The molecule has 2 rings (SSSR count). The summed E-state index contributed by atoms with van der Waals surface area (Å²) in [5, 5.41) is 0. The summed E-state index contributed by atoms with van der Waals surface area (Å²) >= 11 is 0. The largest absolute Gasteiger partial charge is 0.314 e.